The van der Waals surface area contributed by atoms with Crippen LogP contribution in [0.5, 0.6) is 0 Å². The summed E-state index contributed by atoms with van der Waals surface area (Å²) in [4.78, 5) is 23.7. The van der Waals surface area contributed by atoms with E-state index in [9.17, 15) is 27.2 Å². The van der Waals surface area contributed by atoms with E-state index in [4.69, 9.17) is 5.11 Å². The standard InChI is InChI=1S/C14H12F4N4O3/c1-2-21(7-10(23)24)13(25)11-12(14(16,17)18)22(20-19-11)9-5-3-4-8(15)6-9/h3-6H,2,7H2,1H3,(H,23,24). The molecular formula is C14H12F4N4O3. The van der Waals surface area contributed by atoms with Gasteiger partial charge < -0.3 is 10.0 Å². The van der Waals surface area contributed by atoms with Gasteiger partial charge in [-0.15, -0.1) is 5.10 Å². The first-order valence-corrected chi connectivity index (χ1v) is 6.95. The van der Waals surface area contributed by atoms with Crippen molar-refractivity contribution in [2.24, 2.45) is 0 Å². The quantitative estimate of drug-likeness (QED) is 0.824. The molecule has 0 unspecified atom stereocenters. The second-order valence-electron chi connectivity index (χ2n) is 4.89. The third kappa shape index (κ3) is 3.92. The van der Waals surface area contributed by atoms with Gasteiger partial charge in [0.2, 0.25) is 0 Å². The van der Waals surface area contributed by atoms with Gasteiger partial charge in [0, 0.05) is 6.54 Å². The molecule has 1 aromatic carbocycles. The fourth-order valence-corrected chi connectivity index (χ4v) is 2.11. The third-order valence-electron chi connectivity index (χ3n) is 3.19. The van der Waals surface area contributed by atoms with Gasteiger partial charge in [0.1, 0.15) is 12.4 Å². The second-order valence-corrected chi connectivity index (χ2v) is 4.89. The number of carboxylic acids is 1. The Morgan fingerprint density at radius 3 is 2.52 bits per heavy atom. The number of hydrogen-bond acceptors (Lipinski definition) is 4. The van der Waals surface area contributed by atoms with E-state index in [0.29, 0.717) is 9.58 Å². The maximum atomic E-state index is 13.4. The minimum absolute atomic E-state index is 0.144. The molecule has 0 atom stereocenters. The van der Waals surface area contributed by atoms with Crippen molar-refractivity contribution in [2.75, 3.05) is 13.1 Å². The SMILES string of the molecule is CCN(CC(=O)O)C(=O)c1nnn(-c2cccc(F)c2)c1C(F)(F)F. The Bertz CT molecular complexity index is 804. The Kier molecular flexibility index (Phi) is 5.04. The van der Waals surface area contributed by atoms with E-state index in [1.807, 2.05) is 0 Å². The molecule has 1 N–H and O–H groups in total. The summed E-state index contributed by atoms with van der Waals surface area (Å²) in [5.74, 6) is -3.42. The number of likely N-dealkylation sites (N-methyl/N-ethyl adjacent to an activating group) is 1. The summed E-state index contributed by atoms with van der Waals surface area (Å²) in [6, 6.07) is 4.17. The van der Waals surface area contributed by atoms with Crippen LogP contribution in [0.4, 0.5) is 17.6 Å². The van der Waals surface area contributed by atoms with Gasteiger partial charge in [0.25, 0.3) is 5.91 Å². The van der Waals surface area contributed by atoms with Crippen molar-refractivity contribution < 1.29 is 32.3 Å². The van der Waals surface area contributed by atoms with Crippen LogP contribution in [0.2, 0.25) is 0 Å². The van der Waals surface area contributed by atoms with Crippen molar-refractivity contribution in [3.63, 3.8) is 0 Å². The van der Waals surface area contributed by atoms with Gasteiger partial charge in [-0.1, -0.05) is 11.3 Å². The van der Waals surface area contributed by atoms with Gasteiger partial charge in [-0.25, -0.2) is 9.07 Å². The van der Waals surface area contributed by atoms with Crippen molar-refractivity contribution in [3.05, 3.63) is 41.5 Å². The molecule has 0 aliphatic carbocycles. The Labute approximate surface area is 138 Å². The minimum atomic E-state index is -5.02. The number of amides is 1. The first-order valence-electron chi connectivity index (χ1n) is 6.95. The average molecular weight is 360 g/mol. The van der Waals surface area contributed by atoms with E-state index in [1.54, 1.807) is 0 Å². The topological polar surface area (TPSA) is 88.3 Å². The highest BCUT2D eigenvalue weighted by atomic mass is 19.4. The van der Waals surface area contributed by atoms with E-state index in [2.05, 4.69) is 10.3 Å². The predicted molar refractivity (Wildman–Crippen MR) is 75.5 cm³/mol. The number of carbonyl (C=O) groups excluding carboxylic acids is 1. The van der Waals surface area contributed by atoms with Crippen LogP contribution in [-0.2, 0) is 11.0 Å². The zero-order valence-corrected chi connectivity index (χ0v) is 12.8. The molecule has 0 aliphatic heterocycles. The summed E-state index contributed by atoms with van der Waals surface area (Å²) in [5, 5.41) is 15.3. The molecule has 11 heteroatoms. The number of aliphatic carboxylic acids is 1. The second kappa shape index (κ2) is 6.87. The van der Waals surface area contributed by atoms with Gasteiger partial charge in [-0.3, -0.25) is 9.59 Å². The molecule has 2 aromatic rings. The highest BCUT2D eigenvalue weighted by Gasteiger charge is 2.43. The number of carbonyl (C=O) groups is 2. The molecule has 0 radical (unpaired) electrons. The Morgan fingerprint density at radius 1 is 1.32 bits per heavy atom. The number of alkyl halides is 3. The fraction of sp³-hybridized carbons (Fsp3) is 0.286. The highest BCUT2D eigenvalue weighted by Crippen LogP contribution is 2.33. The fourth-order valence-electron chi connectivity index (χ4n) is 2.11. The first kappa shape index (κ1) is 18.4. The van der Waals surface area contributed by atoms with Crippen LogP contribution >= 0.6 is 0 Å². The van der Waals surface area contributed by atoms with Gasteiger partial charge in [-0.05, 0) is 25.1 Å². The average Bonchev–Trinajstić information content (AvgIpc) is 2.97. The Morgan fingerprint density at radius 2 is 2.00 bits per heavy atom. The number of rotatable bonds is 5. The molecule has 134 valence electrons. The minimum Gasteiger partial charge on any atom is -0.480 e. The molecule has 2 rings (SSSR count). The largest absolute Gasteiger partial charge is 0.480 e. The number of hydrogen-bond donors (Lipinski definition) is 1. The lowest BCUT2D eigenvalue weighted by Gasteiger charge is -2.18. The van der Waals surface area contributed by atoms with E-state index >= 15 is 0 Å². The van der Waals surface area contributed by atoms with E-state index < -0.39 is 41.8 Å². The number of aromatic nitrogens is 3. The summed E-state index contributed by atoms with van der Waals surface area (Å²) >= 11 is 0. The predicted octanol–water partition coefficient (Wildman–Crippen LogP) is 1.97. The Hall–Kier alpha value is -2.98. The van der Waals surface area contributed by atoms with Crippen LogP contribution in [-0.4, -0.2) is 50.0 Å². The van der Waals surface area contributed by atoms with Crippen LogP contribution in [0.1, 0.15) is 23.1 Å². The lowest BCUT2D eigenvalue weighted by Crippen LogP contribution is -2.36. The molecule has 25 heavy (non-hydrogen) atoms. The van der Waals surface area contributed by atoms with Crippen molar-refractivity contribution in [1.29, 1.82) is 0 Å². The highest BCUT2D eigenvalue weighted by molar-refractivity contribution is 5.95. The zero-order valence-electron chi connectivity index (χ0n) is 12.8. The lowest BCUT2D eigenvalue weighted by atomic mass is 10.2. The van der Waals surface area contributed by atoms with Crippen LogP contribution in [0.25, 0.3) is 5.69 Å². The van der Waals surface area contributed by atoms with Gasteiger partial charge in [0.15, 0.2) is 11.4 Å². The van der Waals surface area contributed by atoms with Crippen LogP contribution < -0.4 is 0 Å². The summed E-state index contributed by atoms with van der Waals surface area (Å²) in [6.45, 7) is 0.472. The van der Waals surface area contributed by atoms with E-state index in [1.165, 1.54) is 13.0 Å². The van der Waals surface area contributed by atoms with Gasteiger partial charge in [-0.2, -0.15) is 13.2 Å². The van der Waals surface area contributed by atoms with Crippen LogP contribution in [0, 0.1) is 5.82 Å². The van der Waals surface area contributed by atoms with Crippen molar-refractivity contribution >= 4 is 11.9 Å². The normalized spacial score (nSPS) is 11.4. The number of carboxylic acid groups (broad SMARTS) is 1. The van der Waals surface area contributed by atoms with E-state index in [0.717, 1.165) is 18.2 Å². The molecule has 0 spiro atoms. The number of nitrogens with zero attached hydrogens (tertiary/aromatic N) is 4. The zero-order chi connectivity index (χ0) is 18.8. The number of halogens is 4. The molecule has 0 aliphatic rings. The molecular weight excluding hydrogens is 348 g/mol. The summed E-state index contributed by atoms with van der Waals surface area (Å²) in [5.41, 5.74) is -2.84. The molecule has 1 amide bonds. The van der Waals surface area contributed by atoms with Crippen molar-refractivity contribution in [3.8, 4) is 5.69 Å². The van der Waals surface area contributed by atoms with Crippen molar-refractivity contribution in [1.82, 2.24) is 19.9 Å². The maximum absolute atomic E-state index is 13.4. The molecule has 7 nitrogen and oxygen atoms in total. The molecule has 0 fully saturated rings. The smallest absolute Gasteiger partial charge is 0.435 e. The van der Waals surface area contributed by atoms with Crippen LogP contribution in [0.3, 0.4) is 0 Å². The molecule has 0 saturated carbocycles. The van der Waals surface area contributed by atoms with Gasteiger partial charge in [0.05, 0.1) is 5.69 Å². The molecule has 0 bridgehead atoms. The van der Waals surface area contributed by atoms with Gasteiger partial charge >= 0.3 is 12.1 Å². The molecule has 1 heterocycles. The maximum Gasteiger partial charge on any atom is 0.435 e. The lowest BCUT2D eigenvalue weighted by molar-refractivity contribution is -0.143. The molecule has 1 aromatic heterocycles. The molecule has 0 saturated heterocycles. The van der Waals surface area contributed by atoms with Crippen LogP contribution in [0.15, 0.2) is 24.3 Å². The van der Waals surface area contributed by atoms with E-state index in [-0.39, 0.29) is 12.2 Å². The summed E-state index contributed by atoms with van der Waals surface area (Å²) in [7, 11) is 0. The third-order valence-corrected chi connectivity index (χ3v) is 3.19. The summed E-state index contributed by atoms with van der Waals surface area (Å²) in [6.07, 6.45) is -5.02. The number of benzene rings is 1. The summed E-state index contributed by atoms with van der Waals surface area (Å²) < 4.78 is 53.9. The Balaban J connectivity index is 2.57. The van der Waals surface area contributed by atoms with Crippen molar-refractivity contribution in [2.45, 2.75) is 13.1 Å². The monoisotopic (exact) mass is 360 g/mol. The first-order chi connectivity index (χ1) is 11.6.